The van der Waals surface area contributed by atoms with Gasteiger partial charge in [0.2, 0.25) is 11.8 Å². The Morgan fingerprint density at radius 3 is 1.65 bits per heavy atom. The third kappa shape index (κ3) is 19.7. The molecular weight excluding hydrogens is 906 g/mol. The fraction of sp³-hybridized carbons (Fsp3) is 0.256. The summed E-state index contributed by atoms with van der Waals surface area (Å²) in [6.45, 7) is 1.65. The summed E-state index contributed by atoms with van der Waals surface area (Å²) in [5.41, 5.74) is 5.97. The second-order valence-corrected chi connectivity index (χ2v) is 11.6. The molecule has 6 heterocycles. The number of aldehydes is 2. The summed E-state index contributed by atoms with van der Waals surface area (Å²) in [5.74, 6) is 1.33. The molecule has 23 heteroatoms. The van der Waals surface area contributed by atoms with Gasteiger partial charge in [0.25, 0.3) is 6.47 Å². The molecule has 19 nitrogen and oxygen atoms in total. The van der Waals surface area contributed by atoms with Crippen molar-refractivity contribution in [3.63, 3.8) is 0 Å². The number of aromatic hydroxyl groups is 1. The first-order chi connectivity index (χ1) is 28.7. The van der Waals surface area contributed by atoms with Crippen LogP contribution in [-0.2, 0) is 45.7 Å². The molecule has 1 N–H and O–H groups in total. The maximum atomic E-state index is 11.4. The van der Waals surface area contributed by atoms with E-state index in [0.717, 1.165) is 33.9 Å². The zero-order valence-electron chi connectivity index (χ0n) is 36.0. The van der Waals surface area contributed by atoms with Crippen molar-refractivity contribution < 1.29 is 158 Å². The predicted molar refractivity (Wildman–Crippen MR) is 218 cm³/mol. The average Bonchev–Trinajstić information content (AvgIpc) is 3.91. The average molecular weight is 950 g/mol. The summed E-state index contributed by atoms with van der Waals surface area (Å²) in [7, 11) is 6.89. The number of halogens is 2. The van der Waals surface area contributed by atoms with Gasteiger partial charge in [-0.25, -0.2) is 9.97 Å². The molecule has 0 amide bonds. The van der Waals surface area contributed by atoms with Crippen LogP contribution in [0.3, 0.4) is 0 Å². The van der Waals surface area contributed by atoms with Crippen LogP contribution in [0.25, 0.3) is 22.8 Å². The first-order valence-corrected chi connectivity index (χ1v) is 17.9. The van der Waals surface area contributed by atoms with Gasteiger partial charge in [0.1, 0.15) is 31.3 Å². The van der Waals surface area contributed by atoms with Crippen molar-refractivity contribution in [1.82, 2.24) is 39.5 Å². The third-order valence-electron chi connectivity index (χ3n) is 7.57. The number of ether oxygens (including phenoxy) is 5. The van der Waals surface area contributed by atoms with Crippen molar-refractivity contribution in [1.29, 1.82) is 0 Å². The minimum absolute atomic E-state index is 0. The number of aromatic nitrogens is 8. The summed E-state index contributed by atoms with van der Waals surface area (Å²) in [6, 6.07) is 14.4. The molecular formula is C39H44Cl2K2N8O11. The van der Waals surface area contributed by atoms with Crippen LogP contribution in [0.4, 0.5) is 0 Å². The summed E-state index contributed by atoms with van der Waals surface area (Å²) < 4.78 is 29.6. The van der Waals surface area contributed by atoms with Crippen LogP contribution >= 0.6 is 24.0 Å². The largest absolute Gasteiger partial charge is 1.00 e. The SMILES string of the molecule is COCCOc1cc(C=O)c(O)cn1.COCCOc1cc(C=O)c(OCc2cccnc2-c2ccnn2C)cn1.Cl.Cn1nccc1-c1ncccc1CCl.O=CO[O-].[H-].[K+].[K+]. The minimum atomic E-state index is -0.181. The molecule has 0 saturated carbocycles. The van der Waals surface area contributed by atoms with Crippen molar-refractivity contribution in [2.24, 2.45) is 14.1 Å². The predicted octanol–water partition coefficient (Wildman–Crippen LogP) is -1.88. The van der Waals surface area contributed by atoms with E-state index in [4.69, 9.17) is 50.4 Å². The molecule has 0 atom stereocenters. The Bertz CT molecular complexity index is 2210. The maximum Gasteiger partial charge on any atom is 1.00 e. The molecule has 0 aliphatic rings. The first kappa shape index (κ1) is 58.8. The van der Waals surface area contributed by atoms with Gasteiger partial charge in [0.15, 0.2) is 12.6 Å². The number of carbonyl (C=O) groups is 3. The van der Waals surface area contributed by atoms with Crippen LogP contribution < -0.4 is 122 Å². The summed E-state index contributed by atoms with van der Waals surface area (Å²) >= 11 is 5.83. The van der Waals surface area contributed by atoms with E-state index in [1.165, 1.54) is 18.5 Å². The quantitative estimate of drug-likeness (QED) is 0.0263. The fourth-order valence-corrected chi connectivity index (χ4v) is 4.95. The van der Waals surface area contributed by atoms with Gasteiger partial charge in [-0.1, -0.05) is 12.1 Å². The number of hydrogen-bond acceptors (Lipinski definition) is 17. The van der Waals surface area contributed by atoms with Crippen LogP contribution in [0.5, 0.6) is 23.3 Å². The number of hydrogen-bond donors (Lipinski definition) is 1. The van der Waals surface area contributed by atoms with Gasteiger partial charge < -0.3 is 40.4 Å². The Morgan fingerprint density at radius 2 is 1.19 bits per heavy atom. The van der Waals surface area contributed by atoms with Gasteiger partial charge in [-0.15, -0.1) is 24.0 Å². The number of pyridine rings is 4. The summed E-state index contributed by atoms with van der Waals surface area (Å²) in [5, 5.41) is 25.8. The molecule has 6 aromatic heterocycles. The van der Waals surface area contributed by atoms with Crippen LogP contribution in [0.2, 0.25) is 0 Å². The van der Waals surface area contributed by atoms with E-state index in [0.29, 0.717) is 68.0 Å². The summed E-state index contributed by atoms with van der Waals surface area (Å²) in [4.78, 5) is 49.8. The molecule has 0 aliphatic heterocycles. The molecule has 0 aliphatic carbocycles. The van der Waals surface area contributed by atoms with Crippen molar-refractivity contribution in [3.05, 3.63) is 108 Å². The van der Waals surface area contributed by atoms with E-state index < -0.39 is 0 Å². The van der Waals surface area contributed by atoms with Crippen LogP contribution in [0.1, 0.15) is 33.3 Å². The van der Waals surface area contributed by atoms with Gasteiger partial charge in [-0.05, 0) is 29.8 Å². The molecule has 6 aromatic rings. The summed E-state index contributed by atoms with van der Waals surface area (Å²) in [6.07, 6.45) is 10.9. The Balaban J connectivity index is 0. The molecule has 0 radical (unpaired) electrons. The minimum Gasteiger partial charge on any atom is -1.00 e. The monoisotopic (exact) mass is 948 g/mol. The van der Waals surface area contributed by atoms with Crippen molar-refractivity contribution >= 4 is 43.1 Å². The number of rotatable bonds is 17. The van der Waals surface area contributed by atoms with E-state index in [1.807, 2.05) is 50.5 Å². The van der Waals surface area contributed by atoms with Gasteiger partial charge in [-0.3, -0.25) is 33.7 Å². The molecule has 0 unspecified atom stereocenters. The molecule has 0 bridgehead atoms. The van der Waals surface area contributed by atoms with Gasteiger partial charge in [0, 0.05) is 76.7 Å². The van der Waals surface area contributed by atoms with Crippen LogP contribution in [0, 0.1) is 0 Å². The van der Waals surface area contributed by atoms with E-state index >= 15 is 0 Å². The van der Waals surface area contributed by atoms with E-state index in [1.54, 1.807) is 54.4 Å². The van der Waals surface area contributed by atoms with E-state index in [-0.39, 0.29) is 141 Å². The number of carbonyl (C=O) groups excluding carboxylic acids is 3. The molecule has 0 fully saturated rings. The zero-order valence-corrected chi connectivity index (χ0v) is 42.8. The second kappa shape index (κ2) is 34.2. The number of methoxy groups -OCH3 is 2. The van der Waals surface area contributed by atoms with E-state index in [2.05, 4.69) is 35.0 Å². The zero-order chi connectivity index (χ0) is 42.8. The first-order valence-electron chi connectivity index (χ1n) is 17.3. The Labute approximate surface area is 455 Å². The van der Waals surface area contributed by atoms with Crippen molar-refractivity contribution in [2.75, 3.05) is 40.6 Å². The van der Waals surface area contributed by atoms with E-state index in [9.17, 15) is 9.59 Å². The smallest absolute Gasteiger partial charge is 1.00 e. The Morgan fingerprint density at radius 1 is 0.710 bits per heavy atom. The van der Waals surface area contributed by atoms with Gasteiger partial charge in [-0.2, -0.15) is 10.2 Å². The molecule has 0 spiro atoms. The van der Waals surface area contributed by atoms with Crippen LogP contribution in [-0.4, -0.2) is 104 Å². The Hall–Kier alpha value is -3.24. The number of nitrogens with zero attached hydrogens (tertiary/aromatic N) is 8. The topological polar surface area (TPSA) is 237 Å². The molecule has 0 saturated heterocycles. The fourth-order valence-electron chi connectivity index (χ4n) is 4.74. The van der Waals surface area contributed by atoms with Gasteiger partial charge >= 0.3 is 103 Å². The van der Waals surface area contributed by atoms with Crippen molar-refractivity contribution in [2.45, 2.75) is 12.5 Å². The standard InChI is InChI=1S/C19H20N4O4.C10H10ClN3.C9H11NO4.CH2O3.ClH.2K.H/c1-23-16(5-7-22-23)19-14(4-3-6-20-19)13-27-17-11-21-18(10-15(17)12-24)26-9-8-25-2;1-14-9(4-6-13-14)10-8(7-11)3-2-5-12-10;1-13-2-3-14-9-4-7(6-11)8(12)5-10-9;2-1-4-3;;;;/h3-7,10-12H,8-9,13H2,1-2H3;2-6H,7H2,1H3;4-6,12H,2-3H2,1H3;1,3H;1H;;;/q;;;;;2*+1;-1/p-1. The molecule has 62 heavy (non-hydrogen) atoms. The molecule has 0 aromatic carbocycles. The second-order valence-electron chi connectivity index (χ2n) is 11.4. The van der Waals surface area contributed by atoms with Gasteiger partial charge in [0.05, 0.1) is 59.5 Å². The number of aryl methyl sites for hydroxylation is 2. The Kier molecular flexibility index (Phi) is 32.4. The normalized spacial score (nSPS) is 9.52. The van der Waals surface area contributed by atoms with Crippen molar-refractivity contribution in [3.8, 4) is 46.0 Å². The maximum absolute atomic E-state index is 11.4. The number of alkyl halides is 1. The molecule has 6 rings (SSSR count). The van der Waals surface area contributed by atoms with Crippen LogP contribution in [0.15, 0.2) is 85.7 Å². The molecule has 322 valence electrons. The third-order valence-corrected chi connectivity index (χ3v) is 7.85.